The predicted octanol–water partition coefficient (Wildman–Crippen LogP) is 3.84. The maximum Gasteiger partial charge on any atom is 0.243 e. The van der Waals surface area contributed by atoms with E-state index in [1.165, 1.54) is 6.92 Å². The Kier molecular flexibility index (Phi) is 12.9. The van der Waals surface area contributed by atoms with Gasteiger partial charge in [0.15, 0.2) is 5.78 Å². The van der Waals surface area contributed by atoms with Crippen molar-refractivity contribution in [3.8, 4) is 0 Å². The molecule has 2 aromatic carbocycles. The number of nitrogens with one attached hydrogen (secondary N) is 4. The van der Waals surface area contributed by atoms with Crippen molar-refractivity contribution < 1.29 is 28.7 Å². The Hall–Kier alpha value is -3.79. The van der Waals surface area contributed by atoms with Crippen LogP contribution in [0.15, 0.2) is 42.5 Å². The highest BCUT2D eigenvalue weighted by Gasteiger charge is 2.50. The molecule has 0 bridgehead atoms. The number of epoxide rings is 1. The fourth-order valence-corrected chi connectivity index (χ4v) is 5.69. The third kappa shape index (κ3) is 10.6. The number of fused-ring (bicyclic) bond motifs is 1. The van der Waals surface area contributed by atoms with Gasteiger partial charge in [-0.15, -0.1) is 0 Å². The minimum atomic E-state index is -1.04. The topological polar surface area (TPSA) is 146 Å². The fourth-order valence-electron chi connectivity index (χ4n) is 5.69. The molecule has 0 aliphatic carbocycles. The van der Waals surface area contributed by atoms with E-state index in [1.54, 1.807) is 6.92 Å². The first-order valence-electron chi connectivity index (χ1n) is 16.4. The summed E-state index contributed by atoms with van der Waals surface area (Å²) in [6.45, 7) is 15.1. The molecule has 5 atom stereocenters. The highest BCUT2D eigenvalue weighted by atomic mass is 16.6. The number of carbonyl (C=O) groups is 5. The average Bonchev–Trinajstić information content (AvgIpc) is 3.72. The van der Waals surface area contributed by atoms with Crippen LogP contribution in [0, 0.1) is 17.8 Å². The van der Waals surface area contributed by atoms with Gasteiger partial charge in [-0.05, 0) is 60.3 Å². The lowest BCUT2D eigenvalue weighted by atomic mass is 9.92. The first-order chi connectivity index (χ1) is 21.6. The van der Waals surface area contributed by atoms with Crippen LogP contribution in [0.4, 0.5) is 0 Å². The van der Waals surface area contributed by atoms with Gasteiger partial charge in [-0.2, -0.15) is 0 Å². The Morgan fingerprint density at radius 1 is 0.674 bits per heavy atom. The number of hydrogen-bond donors (Lipinski definition) is 4. The number of ketones is 1. The van der Waals surface area contributed by atoms with Gasteiger partial charge in [0.05, 0.1) is 12.6 Å². The van der Waals surface area contributed by atoms with Crippen LogP contribution in [0.5, 0.6) is 0 Å². The molecule has 1 fully saturated rings. The van der Waals surface area contributed by atoms with E-state index in [-0.39, 0.29) is 35.9 Å². The summed E-state index contributed by atoms with van der Waals surface area (Å²) in [6, 6.07) is 10.0. The first kappa shape index (κ1) is 36.7. The van der Waals surface area contributed by atoms with Crippen molar-refractivity contribution in [2.75, 3.05) is 6.61 Å². The molecule has 10 nitrogen and oxygen atoms in total. The highest BCUT2D eigenvalue weighted by Crippen LogP contribution is 2.30. The van der Waals surface area contributed by atoms with Crippen LogP contribution >= 0.6 is 0 Å². The number of benzene rings is 2. The zero-order chi connectivity index (χ0) is 34.2. The number of rotatable bonds is 17. The van der Waals surface area contributed by atoms with E-state index >= 15 is 0 Å². The Morgan fingerprint density at radius 3 is 1.67 bits per heavy atom. The molecule has 0 spiro atoms. The summed E-state index contributed by atoms with van der Waals surface area (Å²) in [7, 11) is 0. The summed E-state index contributed by atoms with van der Waals surface area (Å²) in [5.74, 6) is -1.71. The van der Waals surface area contributed by atoms with E-state index in [4.69, 9.17) is 4.74 Å². The molecule has 2 aromatic rings. The van der Waals surface area contributed by atoms with Gasteiger partial charge in [-0.1, -0.05) is 84.0 Å². The molecule has 252 valence electrons. The molecule has 1 saturated heterocycles. The molecule has 1 heterocycles. The van der Waals surface area contributed by atoms with Crippen molar-refractivity contribution in [2.24, 2.45) is 17.8 Å². The Balaban J connectivity index is 1.92. The molecule has 0 aromatic heterocycles. The van der Waals surface area contributed by atoms with Crippen molar-refractivity contribution in [2.45, 2.75) is 111 Å². The Bertz CT molecular complexity index is 1390. The van der Waals surface area contributed by atoms with Gasteiger partial charge in [0.25, 0.3) is 0 Å². The van der Waals surface area contributed by atoms with Crippen molar-refractivity contribution >= 4 is 40.2 Å². The molecular formula is C36H52N4O6. The number of hydrogen-bond acceptors (Lipinski definition) is 6. The first-order valence-corrected chi connectivity index (χ1v) is 16.4. The zero-order valence-electron chi connectivity index (χ0n) is 28.6. The zero-order valence-corrected chi connectivity index (χ0v) is 28.6. The van der Waals surface area contributed by atoms with E-state index in [2.05, 4.69) is 21.3 Å². The predicted molar refractivity (Wildman–Crippen MR) is 179 cm³/mol. The smallest absolute Gasteiger partial charge is 0.243 e. The second-order valence-corrected chi connectivity index (χ2v) is 14.1. The molecule has 4 N–H and O–H groups in total. The molecule has 4 amide bonds. The number of amides is 4. The van der Waals surface area contributed by atoms with Crippen molar-refractivity contribution in [1.29, 1.82) is 0 Å². The second kappa shape index (κ2) is 16.2. The summed E-state index contributed by atoms with van der Waals surface area (Å²) < 4.78 is 5.41. The third-order valence-corrected chi connectivity index (χ3v) is 8.12. The Labute approximate surface area is 273 Å². The molecular weight excluding hydrogens is 584 g/mol. The lowest BCUT2D eigenvalue weighted by Gasteiger charge is -2.28. The van der Waals surface area contributed by atoms with E-state index in [0.29, 0.717) is 25.9 Å². The van der Waals surface area contributed by atoms with Gasteiger partial charge in [0, 0.05) is 13.3 Å². The minimum Gasteiger partial charge on any atom is -0.361 e. The van der Waals surface area contributed by atoms with E-state index in [0.717, 1.165) is 16.3 Å². The van der Waals surface area contributed by atoms with E-state index in [9.17, 15) is 24.0 Å². The van der Waals surface area contributed by atoms with Crippen molar-refractivity contribution in [3.05, 3.63) is 48.0 Å². The Morgan fingerprint density at radius 2 is 1.13 bits per heavy atom. The van der Waals surface area contributed by atoms with Gasteiger partial charge in [0.1, 0.15) is 23.7 Å². The largest absolute Gasteiger partial charge is 0.361 e. The summed E-state index contributed by atoms with van der Waals surface area (Å²) in [4.78, 5) is 66.5. The van der Waals surface area contributed by atoms with Gasteiger partial charge in [-0.3, -0.25) is 24.0 Å². The van der Waals surface area contributed by atoms with Gasteiger partial charge in [0.2, 0.25) is 23.6 Å². The molecule has 3 rings (SSSR count). The summed E-state index contributed by atoms with van der Waals surface area (Å²) in [5, 5.41) is 13.3. The average molecular weight is 637 g/mol. The number of ether oxygens (including phenoxy) is 1. The molecule has 1 aliphatic rings. The van der Waals surface area contributed by atoms with Crippen LogP contribution in [-0.4, -0.2) is 65.8 Å². The standard InChI is InChI=1S/C36H52N4O6/c1-21(2)16-28(32(42)36(8)20-46-36)38-35(45)31(19-26-14-11-13-25-12-9-10-15-27(25)26)40-34(44)30(18-23(5)6)39-33(43)29(17-22(3)4)37-24(7)41/h9-15,21-23,28-31H,16-20H2,1-8H3,(H,37,41)(H,38,45)(H,39,43)(H,40,44)/t28-,29-,30-,31-,36?/m0/s1. The quantitative estimate of drug-likeness (QED) is 0.194. The van der Waals surface area contributed by atoms with Crippen LogP contribution < -0.4 is 21.3 Å². The van der Waals surface area contributed by atoms with Crippen LogP contribution in [0.1, 0.15) is 80.2 Å². The lowest BCUT2D eigenvalue weighted by molar-refractivity contribution is -0.135. The highest BCUT2D eigenvalue weighted by molar-refractivity contribution is 5.99. The molecule has 46 heavy (non-hydrogen) atoms. The molecule has 1 aliphatic heterocycles. The molecule has 10 heteroatoms. The lowest BCUT2D eigenvalue weighted by Crippen LogP contribution is -2.59. The molecule has 0 saturated carbocycles. The monoisotopic (exact) mass is 636 g/mol. The van der Waals surface area contributed by atoms with Gasteiger partial charge < -0.3 is 26.0 Å². The normalized spacial score (nSPS) is 18.5. The number of Topliss-reactive ketones (excluding diaryl/α,β-unsaturated/α-hetero) is 1. The number of carbonyl (C=O) groups excluding carboxylic acids is 5. The van der Waals surface area contributed by atoms with Crippen molar-refractivity contribution in [1.82, 2.24) is 21.3 Å². The van der Waals surface area contributed by atoms with E-state index in [1.807, 2.05) is 84.0 Å². The summed E-state index contributed by atoms with van der Waals surface area (Å²) in [6.07, 6.45) is 1.31. The molecule has 1 unspecified atom stereocenters. The van der Waals surface area contributed by atoms with Crippen LogP contribution in [-0.2, 0) is 35.1 Å². The second-order valence-electron chi connectivity index (χ2n) is 14.1. The summed E-state index contributed by atoms with van der Waals surface area (Å²) >= 11 is 0. The molecule has 0 radical (unpaired) electrons. The minimum absolute atomic E-state index is 0.0398. The van der Waals surface area contributed by atoms with Crippen LogP contribution in [0.25, 0.3) is 10.8 Å². The van der Waals surface area contributed by atoms with Crippen molar-refractivity contribution in [3.63, 3.8) is 0 Å². The van der Waals surface area contributed by atoms with Crippen LogP contribution in [0.3, 0.4) is 0 Å². The fraction of sp³-hybridized carbons (Fsp3) is 0.583. The SMILES string of the molecule is CC(=O)N[C@@H](CC(C)C)C(=O)N[C@@H](CC(C)C)C(=O)N[C@@H](Cc1cccc2ccccc12)C(=O)N[C@@H](CC(C)C)C(=O)C1(C)CO1. The van der Waals surface area contributed by atoms with E-state index < -0.39 is 47.5 Å². The van der Waals surface area contributed by atoms with Gasteiger partial charge >= 0.3 is 0 Å². The van der Waals surface area contributed by atoms with Crippen LogP contribution in [0.2, 0.25) is 0 Å². The summed E-state index contributed by atoms with van der Waals surface area (Å²) in [5.41, 5.74) is -0.0660. The maximum atomic E-state index is 14.0. The third-order valence-electron chi connectivity index (χ3n) is 8.12. The van der Waals surface area contributed by atoms with Gasteiger partial charge in [-0.25, -0.2) is 0 Å². The maximum absolute atomic E-state index is 14.0.